The van der Waals surface area contributed by atoms with Crippen molar-refractivity contribution in [1.29, 1.82) is 0 Å². The first-order chi connectivity index (χ1) is 12.1. The molecule has 3 rings (SSSR count). The van der Waals surface area contributed by atoms with E-state index in [9.17, 15) is 0 Å². The van der Waals surface area contributed by atoms with Gasteiger partial charge < -0.3 is 14.4 Å². The number of hydrogen-bond donors (Lipinski definition) is 0. The second kappa shape index (κ2) is 7.72. The van der Waals surface area contributed by atoms with Gasteiger partial charge in [-0.25, -0.2) is 9.97 Å². The van der Waals surface area contributed by atoms with Crippen LogP contribution in [0.15, 0.2) is 24.3 Å². The second-order valence-corrected chi connectivity index (χ2v) is 6.75. The van der Waals surface area contributed by atoms with Crippen LogP contribution < -0.4 is 14.4 Å². The molecule has 1 atom stereocenters. The Labute approximate surface area is 150 Å². The smallest absolute Gasteiger partial charge is 0.135 e. The van der Waals surface area contributed by atoms with Crippen molar-refractivity contribution in [1.82, 2.24) is 9.97 Å². The van der Waals surface area contributed by atoms with E-state index in [4.69, 9.17) is 14.5 Å². The van der Waals surface area contributed by atoms with E-state index in [1.807, 2.05) is 31.2 Å². The Kier molecular flexibility index (Phi) is 5.41. The quantitative estimate of drug-likeness (QED) is 0.830. The van der Waals surface area contributed by atoms with Gasteiger partial charge >= 0.3 is 0 Å². The molecule has 0 bridgehead atoms. The van der Waals surface area contributed by atoms with E-state index in [1.165, 1.54) is 12.0 Å². The normalized spacial score (nSPS) is 17.4. The summed E-state index contributed by atoms with van der Waals surface area (Å²) in [5.41, 5.74) is 2.25. The van der Waals surface area contributed by atoms with Crippen LogP contribution in [-0.4, -0.2) is 36.8 Å². The van der Waals surface area contributed by atoms with Crippen molar-refractivity contribution < 1.29 is 9.47 Å². The maximum absolute atomic E-state index is 6.01. The molecule has 1 aliphatic rings. The minimum atomic E-state index is 0.495. The molecule has 134 valence electrons. The van der Waals surface area contributed by atoms with Crippen LogP contribution >= 0.6 is 0 Å². The number of aryl methyl sites for hydroxylation is 2. The number of piperidine rings is 1. The maximum Gasteiger partial charge on any atom is 0.135 e. The number of ether oxygens (including phenoxy) is 2. The highest BCUT2D eigenvalue weighted by Gasteiger charge is 2.23. The molecule has 0 radical (unpaired) electrons. The lowest BCUT2D eigenvalue weighted by atomic mass is 9.98. The zero-order chi connectivity index (χ0) is 17.8. The molecule has 0 unspecified atom stereocenters. The van der Waals surface area contributed by atoms with Gasteiger partial charge in [-0.2, -0.15) is 0 Å². The van der Waals surface area contributed by atoms with E-state index in [1.54, 1.807) is 7.11 Å². The van der Waals surface area contributed by atoms with Crippen molar-refractivity contribution in [2.24, 2.45) is 5.92 Å². The monoisotopic (exact) mass is 341 g/mol. The summed E-state index contributed by atoms with van der Waals surface area (Å²) in [6.07, 6.45) is 2.34. The molecular formula is C20H27N3O2. The van der Waals surface area contributed by atoms with Gasteiger partial charge in [0.15, 0.2) is 0 Å². The van der Waals surface area contributed by atoms with Gasteiger partial charge in [-0.1, -0.05) is 6.07 Å². The summed E-state index contributed by atoms with van der Waals surface area (Å²) in [4.78, 5) is 11.5. The Morgan fingerprint density at radius 1 is 1.16 bits per heavy atom. The number of methoxy groups -OCH3 is 1. The Morgan fingerprint density at radius 2 is 1.96 bits per heavy atom. The summed E-state index contributed by atoms with van der Waals surface area (Å²) < 4.78 is 11.3. The highest BCUT2D eigenvalue weighted by molar-refractivity contribution is 5.48. The van der Waals surface area contributed by atoms with Crippen molar-refractivity contribution in [3.63, 3.8) is 0 Å². The molecule has 1 fully saturated rings. The van der Waals surface area contributed by atoms with E-state index in [-0.39, 0.29) is 0 Å². The van der Waals surface area contributed by atoms with Crippen molar-refractivity contribution in [2.45, 2.75) is 33.6 Å². The molecule has 0 aliphatic carbocycles. The van der Waals surface area contributed by atoms with Crippen LogP contribution in [0.3, 0.4) is 0 Å². The third-order valence-electron chi connectivity index (χ3n) is 4.82. The molecule has 5 nitrogen and oxygen atoms in total. The molecule has 0 spiro atoms. The lowest BCUT2D eigenvalue weighted by Crippen LogP contribution is -2.38. The summed E-state index contributed by atoms with van der Waals surface area (Å²) >= 11 is 0. The van der Waals surface area contributed by atoms with Crippen molar-refractivity contribution >= 4 is 5.82 Å². The lowest BCUT2D eigenvalue weighted by Gasteiger charge is -2.34. The zero-order valence-electron chi connectivity index (χ0n) is 15.6. The SMILES string of the molecule is COc1cccc(OC[C@@H]2CCCN(c3nc(C)nc(C)c3C)C2)c1. The minimum Gasteiger partial charge on any atom is -0.497 e. The first-order valence-corrected chi connectivity index (χ1v) is 8.90. The largest absolute Gasteiger partial charge is 0.497 e. The van der Waals surface area contributed by atoms with E-state index in [0.717, 1.165) is 48.3 Å². The fourth-order valence-electron chi connectivity index (χ4n) is 3.36. The molecule has 2 heterocycles. The van der Waals surface area contributed by atoms with Gasteiger partial charge in [0, 0.05) is 36.3 Å². The molecule has 0 N–H and O–H groups in total. The van der Waals surface area contributed by atoms with Gasteiger partial charge in [0.05, 0.1) is 13.7 Å². The number of aromatic nitrogens is 2. The lowest BCUT2D eigenvalue weighted by molar-refractivity contribution is 0.227. The fourth-order valence-corrected chi connectivity index (χ4v) is 3.36. The third-order valence-corrected chi connectivity index (χ3v) is 4.82. The molecule has 25 heavy (non-hydrogen) atoms. The van der Waals surface area contributed by atoms with Gasteiger partial charge in [-0.3, -0.25) is 0 Å². The van der Waals surface area contributed by atoms with Crippen LogP contribution in [0, 0.1) is 26.7 Å². The molecule has 0 saturated carbocycles. The molecule has 0 amide bonds. The van der Waals surface area contributed by atoms with Gasteiger partial charge in [-0.15, -0.1) is 0 Å². The first kappa shape index (κ1) is 17.5. The van der Waals surface area contributed by atoms with Crippen LogP contribution in [0.1, 0.15) is 29.9 Å². The van der Waals surface area contributed by atoms with Crippen LogP contribution in [0.2, 0.25) is 0 Å². The number of benzene rings is 1. The number of hydrogen-bond acceptors (Lipinski definition) is 5. The predicted octanol–water partition coefficient (Wildman–Crippen LogP) is 3.71. The molecule has 1 aromatic carbocycles. The van der Waals surface area contributed by atoms with Crippen molar-refractivity contribution in [2.75, 3.05) is 31.7 Å². The predicted molar refractivity (Wildman–Crippen MR) is 99.7 cm³/mol. The first-order valence-electron chi connectivity index (χ1n) is 8.90. The maximum atomic E-state index is 6.01. The summed E-state index contributed by atoms with van der Waals surface area (Å²) in [6.45, 7) is 8.86. The molecular weight excluding hydrogens is 314 g/mol. The Bertz CT molecular complexity index is 733. The number of rotatable bonds is 5. The van der Waals surface area contributed by atoms with Gasteiger partial charge in [0.25, 0.3) is 0 Å². The van der Waals surface area contributed by atoms with Crippen LogP contribution in [-0.2, 0) is 0 Å². The molecule has 1 aliphatic heterocycles. The van der Waals surface area contributed by atoms with Crippen molar-refractivity contribution in [3.8, 4) is 11.5 Å². The van der Waals surface area contributed by atoms with Crippen molar-refractivity contribution in [3.05, 3.63) is 41.3 Å². The summed E-state index contributed by atoms with van der Waals surface area (Å²) in [5, 5.41) is 0. The van der Waals surface area contributed by atoms with E-state index in [2.05, 4.69) is 23.7 Å². The van der Waals surface area contributed by atoms with E-state index in [0.29, 0.717) is 12.5 Å². The molecule has 2 aromatic rings. The number of nitrogens with zero attached hydrogens (tertiary/aromatic N) is 3. The average molecular weight is 341 g/mol. The standard InChI is InChI=1S/C20H27N3O2/c1-14-15(2)21-16(3)22-20(14)23-10-6-7-17(12-23)13-25-19-9-5-8-18(11-19)24-4/h5,8-9,11,17H,6-7,10,12-13H2,1-4H3/t17-/m1/s1. The van der Waals surface area contributed by atoms with Gasteiger partial charge in [0.1, 0.15) is 23.1 Å². The van der Waals surface area contributed by atoms with Crippen LogP contribution in [0.4, 0.5) is 5.82 Å². The van der Waals surface area contributed by atoms with E-state index < -0.39 is 0 Å². The Balaban J connectivity index is 1.65. The zero-order valence-corrected chi connectivity index (χ0v) is 15.6. The highest BCUT2D eigenvalue weighted by Crippen LogP contribution is 2.27. The molecule has 5 heteroatoms. The Hall–Kier alpha value is -2.30. The summed E-state index contributed by atoms with van der Waals surface area (Å²) in [6, 6.07) is 7.79. The number of anilines is 1. The minimum absolute atomic E-state index is 0.495. The fraction of sp³-hybridized carbons (Fsp3) is 0.500. The second-order valence-electron chi connectivity index (χ2n) is 6.75. The summed E-state index contributed by atoms with van der Waals surface area (Å²) in [7, 11) is 1.67. The Morgan fingerprint density at radius 3 is 2.76 bits per heavy atom. The third kappa shape index (κ3) is 4.21. The van der Waals surface area contributed by atoms with Crippen LogP contribution in [0.5, 0.6) is 11.5 Å². The average Bonchev–Trinajstić information content (AvgIpc) is 2.63. The van der Waals surface area contributed by atoms with Gasteiger partial charge in [-0.05, 0) is 45.7 Å². The summed E-state index contributed by atoms with van der Waals surface area (Å²) in [5.74, 6) is 4.10. The topological polar surface area (TPSA) is 47.5 Å². The highest BCUT2D eigenvalue weighted by atomic mass is 16.5. The van der Waals surface area contributed by atoms with Crippen LogP contribution in [0.25, 0.3) is 0 Å². The molecule has 1 saturated heterocycles. The molecule has 1 aromatic heterocycles. The van der Waals surface area contributed by atoms with E-state index >= 15 is 0 Å². The van der Waals surface area contributed by atoms with Gasteiger partial charge in [0.2, 0.25) is 0 Å².